The molecule has 15 heteroatoms. The molecule has 2 aromatic carbocycles. The molecule has 0 fully saturated rings. The van der Waals surface area contributed by atoms with Crippen molar-refractivity contribution in [3.05, 3.63) is 89.3 Å². The highest BCUT2D eigenvalue weighted by Crippen LogP contribution is 2.36. The third-order valence-electron chi connectivity index (χ3n) is 6.94. The van der Waals surface area contributed by atoms with Crippen LogP contribution in [0.4, 0.5) is 24.8 Å². The van der Waals surface area contributed by atoms with Gasteiger partial charge in [-0.25, -0.2) is 9.51 Å². The van der Waals surface area contributed by atoms with Crippen LogP contribution in [-0.2, 0) is 20.6 Å². The van der Waals surface area contributed by atoms with E-state index in [2.05, 4.69) is 20.4 Å². The lowest BCUT2D eigenvalue weighted by Crippen LogP contribution is -2.28. The number of halogens is 3. The van der Waals surface area contributed by atoms with Crippen molar-refractivity contribution < 1.29 is 34.1 Å². The molecule has 0 atom stereocenters. The number of aromatic nitrogens is 3. The zero-order valence-electron chi connectivity index (χ0n) is 26.3. The predicted molar refractivity (Wildman–Crippen MR) is 175 cm³/mol. The summed E-state index contributed by atoms with van der Waals surface area (Å²) in [5.41, 5.74) is 7.99. The van der Waals surface area contributed by atoms with Crippen LogP contribution in [0.3, 0.4) is 0 Å². The monoisotopic (exact) mass is 664 g/mol. The summed E-state index contributed by atoms with van der Waals surface area (Å²) >= 11 is 0. The van der Waals surface area contributed by atoms with E-state index >= 15 is 0 Å². The van der Waals surface area contributed by atoms with E-state index in [4.69, 9.17) is 20.9 Å². The molecule has 2 aromatic heterocycles. The summed E-state index contributed by atoms with van der Waals surface area (Å²) in [5, 5.41) is 23.0. The van der Waals surface area contributed by atoms with Crippen LogP contribution in [0.15, 0.2) is 72.0 Å². The molecule has 0 bridgehead atoms. The Balaban J connectivity index is 0.00000201. The zero-order chi connectivity index (χ0) is 35.4. The molecule has 2 amide bonds. The van der Waals surface area contributed by atoms with E-state index in [9.17, 15) is 22.8 Å². The number of nitrogens with one attached hydrogen (secondary N) is 1. The fourth-order valence-electron chi connectivity index (χ4n) is 4.70. The van der Waals surface area contributed by atoms with Crippen LogP contribution in [-0.4, -0.2) is 62.2 Å². The number of aliphatic imine (C=N–C) groups is 1. The first-order valence-electron chi connectivity index (χ1n) is 14.5. The minimum Gasteiger partial charge on any atom is -0.483 e. The lowest BCUT2D eigenvalue weighted by atomic mass is 9.95. The molecule has 4 rings (SSSR count). The maximum atomic E-state index is 13.7. The van der Waals surface area contributed by atoms with E-state index in [-0.39, 0.29) is 43.8 Å². The van der Waals surface area contributed by atoms with E-state index in [1.807, 2.05) is 13.0 Å². The lowest BCUT2D eigenvalue weighted by molar-refractivity contribution is -0.137. The number of pyridine rings is 1. The van der Waals surface area contributed by atoms with E-state index in [1.165, 1.54) is 28.9 Å². The van der Waals surface area contributed by atoms with Crippen molar-refractivity contribution in [3.8, 4) is 17.2 Å². The Bertz CT molecular complexity index is 1880. The fourth-order valence-corrected chi connectivity index (χ4v) is 4.70. The van der Waals surface area contributed by atoms with Gasteiger partial charge < -0.3 is 15.7 Å². The van der Waals surface area contributed by atoms with Crippen molar-refractivity contribution in [3.63, 3.8) is 0 Å². The van der Waals surface area contributed by atoms with Crippen LogP contribution in [0.25, 0.3) is 16.8 Å². The molecule has 0 aliphatic heterocycles. The predicted octanol–water partition coefficient (Wildman–Crippen LogP) is 5.72. The second kappa shape index (κ2) is 16.5. The number of nitriles is 1. The van der Waals surface area contributed by atoms with Gasteiger partial charge in [-0.05, 0) is 73.1 Å². The van der Waals surface area contributed by atoms with Crippen molar-refractivity contribution in [2.75, 3.05) is 18.9 Å². The Hall–Kier alpha value is -6.04. The quantitative estimate of drug-likeness (QED) is 0.142. The average molecular weight is 665 g/mol. The third-order valence-corrected chi connectivity index (χ3v) is 6.94. The van der Waals surface area contributed by atoms with Crippen molar-refractivity contribution in [1.29, 1.82) is 5.26 Å². The molecule has 2 heterocycles. The van der Waals surface area contributed by atoms with Gasteiger partial charge in [-0.1, -0.05) is 19.1 Å². The molecule has 0 radical (unpaired) electrons. The highest BCUT2D eigenvalue weighted by molar-refractivity contribution is 6.12. The first-order valence-corrected chi connectivity index (χ1v) is 14.5. The number of fused-ring (bicyclic) bond motifs is 1. The fraction of sp³-hybridized carbons (Fsp3) is 0.242. The number of carboxylic acid groups (broad SMARTS) is 1. The Morgan fingerprint density at radius 3 is 2.50 bits per heavy atom. The van der Waals surface area contributed by atoms with Gasteiger partial charge in [-0.2, -0.15) is 23.4 Å². The van der Waals surface area contributed by atoms with E-state index in [0.717, 1.165) is 18.6 Å². The van der Waals surface area contributed by atoms with E-state index in [1.54, 1.807) is 49.3 Å². The summed E-state index contributed by atoms with van der Waals surface area (Å²) in [6.45, 7) is 3.99. The van der Waals surface area contributed by atoms with Gasteiger partial charge in [0.05, 0.1) is 28.6 Å². The van der Waals surface area contributed by atoms with Crippen LogP contribution >= 0.6 is 0 Å². The van der Waals surface area contributed by atoms with E-state index < -0.39 is 17.6 Å². The van der Waals surface area contributed by atoms with Crippen LogP contribution in [0.1, 0.15) is 49.9 Å². The molecular formula is C33H35F3N8O4. The van der Waals surface area contributed by atoms with E-state index in [0.29, 0.717) is 40.2 Å². The summed E-state index contributed by atoms with van der Waals surface area (Å²) in [6, 6.07) is 13.4. The number of anilines is 1. The minimum atomic E-state index is -4.59. The first-order chi connectivity index (χ1) is 22.9. The molecule has 0 saturated heterocycles. The summed E-state index contributed by atoms with van der Waals surface area (Å²) in [6.07, 6.45) is 0.506. The number of nitrogens with zero attached hydrogens (tertiary/aromatic N) is 6. The van der Waals surface area contributed by atoms with Gasteiger partial charge in [0.15, 0.2) is 5.65 Å². The Kier molecular flexibility index (Phi) is 12.5. The molecule has 4 aromatic rings. The molecule has 48 heavy (non-hydrogen) atoms. The van der Waals surface area contributed by atoms with Crippen molar-refractivity contribution in [1.82, 2.24) is 19.5 Å². The molecule has 252 valence electrons. The standard InChI is InChI=1S/C32H31F3N8O2.CH2O2.H2/c1-4-16-42(3)28(45)13-12-27(44)39-31-40-30-29(22-6-5-7-23(17-22)32(33,34)35)20(2)25(19-43(30)41-31)26(14-15-36)38-24-10-8-21(18-37)9-11-24;2-1-3;/h5-11,14-15,17,19H,4,12-13,16,36H2,1-3H3,(H,39,41,44);1H,(H,2,3);1H/b15-14-,38-26?;;. The first kappa shape index (κ1) is 36.4. The summed E-state index contributed by atoms with van der Waals surface area (Å²) in [7, 11) is 1.67. The molecule has 12 nitrogen and oxygen atoms in total. The SMILES string of the molecule is CCCN(C)C(=O)CCC(=O)Nc1nc2c(-c3cccc(C(F)(F)F)c3)c(C)c(C(/C=C\N)=Nc3ccc(C#N)cc3)cn2n1.O=CO.[HH]. The Labute approximate surface area is 275 Å². The normalized spacial score (nSPS) is 11.5. The molecule has 0 aliphatic carbocycles. The second-order valence-corrected chi connectivity index (χ2v) is 10.3. The number of carbonyl (C=O) groups excluding carboxylic acids is 2. The maximum absolute atomic E-state index is 13.7. The number of hydrogen-bond acceptors (Lipinski definition) is 8. The van der Waals surface area contributed by atoms with Crippen LogP contribution < -0.4 is 11.1 Å². The molecule has 0 saturated carbocycles. The van der Waals surface area contributed by atoms with Gasteiger partial charge in [0.1, 0.15) is 0 Å². The zero-order valence-corrected chi connectivity index (χ0v) is 26.3. The van der Waals surface area contributed by atoms with Crippen molar-refractivity contribution in [2.24, 2.45) is 10.7 Å². The lowest BCUT2D eigenvalue weighted by Gasteiger charge is -2.15. The summed E-state index contributed by atoms with van der Waals surface area (Å²) in [5.74, 6) is -0.751. The number of allylic oxidation sites excluding steroid dienone is 1. The number of rotatable bonds is 10. The molecule has 0 unspecified atom stereocenters. The number of carbonyl (C=O) groups is 3. The Morgan fingerprint density at radius 1 is 1.21 bits per heavy atom. The number of alkyl halides is 3. The highest BCUT2D eigenvalue weighted by Gasteiger charge is 2.31. The van der Waals surface area contributed by atoms with Gasteiger partial charge in [0, 0.05) is 45.2 Å². The van der Waals surface area contributed by atoms with Crippen molar-refractivity contribution in [2.45, 2.75) is 39.3 Å². The maximum Gasteiger partial charge on any atom is 0.416 e. The third kappa shape index (κ3) is 9.25. The number of hydrogen-bond donors (Lipinski definition) is 3. The smallest absolute Gasteiger partial charge is 0.416 e. The second-order valence-electron chi connectivity index (χ2n) is 10.3. The van der Waals surface area contributed by atoms with Crippen LogP contribution in [0.5, 0.6) is 0 Å². The summed E-state index contributed by atoms with van der Waals surface area (Å²) in [4.78, 5) is 44.0. The summed E-state index contributed by atoms with van der Waals surface area (Å²) < 4.78 is 42.5. The van der Waals surface area contributed by atoms with Gasteiger partial charge in [-0.15, -0.1) is 5.10 Å². The van der Waals surface area contributed by atoms with Crippen molar-refractivity contribution >= 4 is 41.3 Å². The van der Waals surface area contributed by atoms with Gasteiger partial charge in [-0.3, -0.25) is 19.7 Å². The van der Waals surface area contributed by atoms with Gasteiger partial charge in [0.25, 0.3) is 6.47 Å². The molecule has 0 spiro atoms. The Morgan fingerprint density at radius 2 is 1.90 bits per heavy atom. The van der Waals surface area contributed by atoms with Gasteiger partial charge in [0.2, 0.25) is 17.8 Å². The molecular weight excluding hydrogens is 629 g/mol. The van der Waals surface area contributed by atoms with Gasteiger partial charge >= 0.3 is 6.18 Å². The largest absolute Gasteiger partial charge is 0.483 e. The molecule has 0 aliphatic rings. The number of benzene rings is 2. The van der Waals surface area contributed by atoms with Crippen LogP contribution in [0.2, 0.25) is 0 Å². The van der Waals surface area contributed by atoms with Crippen LogP contribution in [0, 0.1) is 18.3 Å². The average Bonchev–Trinajstić information content (AvgIpc) is 3.45. The highest BCUT2D eigenvalue weighted by atomic mass is 19.4. The topological polar surface area (TPSA) is 179 Å². The minimum absolute atomic E-state index is 0. The number of amides is 2. The molecule has 4 N–H and O–H groups in total. The number of nitrogens with two attached hydrogens (primary N) is 1.